The Hall–Kier alpha value is -3.25. The van der Waals surface area contributed by atoms with Gasteiger partial charge in [0.1, 0.15) is 17.5 Å². The lowest BCUT2D eigenvalue weighted by molar-refractivity contribution is -0.141. The molecule has 2 aliphatic heterocycles. The molecule has 12 heteroatoms. The Kier molecular flexibility index (Phi) is 8.03. The molecule has 0 spiro atoms. The zero-order valence-electron chi connectivity index (χ0n) is 20.8. The largest absolute Gasteiger partial charge is 0.376 e. The second-order valence-corrected chi connectivity index (χ2v) is 12.4. The molecule has 1 N–H and O–H groups in total. The zero-order valence-corrected chi connectivity index (χ0v) is 23.2. The van der Waals surface area contributed by atoms with Crippen molar-refractivity contribution in [3.05, 3.63) is 87.1 Å². The van der Waals surface area contributed by atoms with Crippen LogP contribution in [0.2, 0.25) is 5.02 Å². The molecule has 3 aromatic rings. The predicted molar refractivity (Wildman–Crippen MR) is 146 cm³/mol. The first-order chi connectivity index (χ1) is 18.8. The van der Waals surface area contributed by atoms with Crippen molar-refractivity contribution in [1.82, 2.24) is 14.5 Å². The lowest BCUT2D eigenvalue weighted by Crippen LogP contribution is -2.48. The normalized spacial score (nSPS) is 18.5. The van der Waals surface area contributed by atoms with Crippen molar-refractivity contribution in [2.75, 3.05) is 19.7 Å². The number of amides is 3. The summed E-state index contributed by atoms with van der Waals surface area (Å²) in [6.45, 7) is 0.0699. The second-order valence-electron chi connectivity index (χ2n) is 9.22. The summed E-state index contributed by atoms with van der Waals surface area (Å²) in [5.41, 5.74) is 0.576. The number of carbonyl (C=O) groups excluding carboxylic acids is 3. The van der Waals surface area contributed by atoms with E-state index in [2.05, 4.69) is 5.32 Å². The Morgan fingerprint density at radius 1 is 1.13 bits per heavy atom. The van der Waals surface area contributed by atoms with E-state index in [-0.39, 0.29) is 29.7 Å². The van der Waals surface area contributed by atoms with Gasteiger partial charge in [-0.15, -0.1) is 11.3 Å². The highest BCUT2D eigenvalue weighted by Gasteiger charge is 2.43. The van der Waals surface area contributed by atoms with Crippen molar-refractivity contribution in [1.29, 1.82) is 0 Å². The van der Waals surface area contributed by atoms with Gasteiger partial charge in [-0.05, 0) is 48.1 Å². The standard InChI is InChI=1S/C27H26ClN3O6S2/c28-21-10-3-1-7-18(21)16-30(24(32)17-31-27(34)20-9-2-4-12-23(20)39(31,35)36)25(22-11-6-14-38-22)26(33)29-15-19-8-5-13-37-19/h1-4,6-7,9-12,14,19,25H,5,8,13,15-17H2,(H,29,33)/t19-,25-/m0/s1. The molecule has 2 atom stereocenters. The average Bonchev–Trinajstić information content (AvgIpc) is 3.68. The summed E-state index contributed by atoms with van der Waals surface area (Å²) in [6, 6.07) is 15.1. The van der Waals surface area contributed by atoms with Gasteiger partial charge in [-0.2, -0.15) is 0 Å². The number of hydrogen-bond acceptors (Lipinski definition) is 7. The Bertz CT molecular complexity index is 1490. The fourth-order valence-electron chi connectivity index (χ4n) is 4.72. The average molecular weight is 588 g/mol. The monoisotopic (exact) mass is 587 g/mol. The molecule has 5 rings (SSSR count). The molecule has 0 bridgehead atoms. The topological polar surface area (TPSA) is 113 Å². The van der Waals surface area contributed by atoms with E-state index in [1.54, 1.807) is 47.8 Å². The van der Waals surface area contributed by atoms with Crippen molar-refractivity contribution in [2.45, 2.75) is 36.4 Å². The lowest BCUT2D eigenvalue weighted by Gasteiger charge is -2.32. The van der Waals surface area contributed by atoms with Crippen molar-refractivity contribution < 1.29 is 27.5 Å². The molecule has 0 aliphatic carbocycles. The molecular weight excluding hydrogens is 562 g/mol. The maximum absolute atomic E-state index is 13.9. The molecule has 1 fully saturated rings. The Morgan fingerprint density at radius 2 is 1.90 bits per heavy atom. The molecule has 39 heavy (non-hydrogen) atoms. The molecule has 0 unspecified atom stereocenters. The first-order valence-electron chi connectivity index (χ1n) is 12.4. The molecule has 1 saturated heterocycles. The fourth-order valence-corrected chi connectivity index (χ4v) is 7.27. The minimum atomic E-state index is -4.23. The number of thiophene rings is 1. The van der Waals surface area contributed by atoms with Gasteiger partial charge in [0, 0.05) is 29.6 Å². The van der Waals surface area contributed by atoms with Crippen LogP contribution >= 0.6 is 22.9 Å². The van der Waals surface area contributed by atoms with Crippen LogP contribution in [0.4, 0.5) is 0 Å². The number of benzene rings is 2. The van der Waals surface area contributed by atoms with Crippen molar-refractivity contribution in [3.63, 3.8) is 0 Å². The fraction of sp³-hybridized carbons (Fsp3) is 0.296. The van der Waals surface area contributed by atoms with Crippen molar-refractivity contribution >= 4 is 50.7 Å². The number of carbonyl (C=O) groups is 3. The summed E-state index contributed by atoms with van der Waals surface area (Å²) in [7, 11) is -4.23. The van der Waals surface area contributed by atoms with Crippen LogP contribution in [0, 0.1) is 0 Å². The van der Waals surface area contributed by atoms with E-state index >= 15 is 0 Å². The van der Waals surface area contributed by atoms with Gasteiger partial charge < -0.3 is 15.0 Å². The highest BCUT2D eigenvalue weighted by atomic mass is 35.5. The summed E-state index contributed by atoms with van der Waals surface area (Å²) < 4.78 is 32.5. The van der Waals surface area contributed by atoms with E-state index in [0.717, 1.165) is 12.8 Å². The number of rotatable bonds is 9. The molecule has 2 aliphatic rings. The number of sulfonamides is 1. The van der Waals surface area contributed by atoms with Gasteiger partial charge in [0.25, 0.3) is 15.9 Å². The minimum Gasteiger partial charge on any atom is -0.376 e. The van der Waals surface area contributed by atoms with E-state index in [9.17, 15) is 22.8 Å². The summed E-state index contributed by atoms with van der Waals surface area (Å²) in [4.78, 5) is 42.3. The van der Waals surface area contributed by atoms with E-state index in [1.807, 2.05) is 0 Å². The number of nitrogens with one attached hydrogen (secondary N) is 1. The molecule has 9 nitrogen and oxygen atoms in total. The lowest BCUT2D eigenvalue weighted by atomic mass is 10.1. The van der Waals surface area contributed by atoms with Crippen LogP contribution in [-0.4, -0.2) is 61.1 Å². The molecule has 1 aromatic heterocycles. The highest BCUT2D eigenvalue weighted by molar-refractivity contribution is 7.90. The number of halogens is 1. The summed E-state index contributed by atoms with van der Waals surface area (Å²) in [5.74, 6) is -1.94. The maximum Gasteiger partial charge on any atom is 0.269 e. The minimum absolute atomic E-state index is 0.00654. The summed E-state index contributed by atoms with van der Waals surface area (Å²) in [6.07, 6.45) is 1.62. The SMILES string of the molecule is O=C(NC[C@@H]1CCCO1)[C@H](c1cccs1)N(Cc1ccccc1Cl)C(=O)CN1C(=O)c2ccccc2S1(=O)=O. The van der Waals surface area contributed by atoms with Gasteiger partial charge in [-0.1, -0.05) is 48.0 Å². The van der Waals surface area contributed by atoms with E-state index in [0.29, 0.717) is 26.4 Å². The van der Waals surface area contributed by atoms with E-state index in [4.69, 9.17) is 16.3 Å². The third-order valence-corrected chi connectivity index (χ3v) is 9.79. The number of fused-ring (bicyclic) bond motifs is 1. The number of nitrogens with zero attached hydrogens (tertiary/aromatic N) is 2. The Morgan fingerprint density at radius 3 is 2.59 bits per heavy atom. The molecule has 0 radical (unpaired) electrons. The maximum atomic E-state index is 13.9. The smallest absolute Gasteiger partial charge is 0.269 e. The molecule has 3 heterocycles. The highest BCUT2D eigenvalue weighted by Crippen LogP contribution is 2.33. The molecule has 2 aromatic carbocycles. The second kappa shape index (κ2) is 11.5. The van der Waals surface area contributed by atoms with Crippen LogP contribution in [-0.2, 0) is 30.9 Å². The van der Waals surface area contributed by atoms with Crippen molar-refractivity contribution in [3.8, 4) is 0 Å². The number of ether oxygens (including phenoxy) is 1. The van der Waals surface area contributed by atoms with Gasteiger partial charge in [0.2, 0.25) is 11.8 Å². The number of hydrogen-bond donors (Lipinski definition) is 1. The van der Waals surface area contributed by atoms with Crippen LogP contribution < -0.4 is 5.32 Å². The summed E-state index contributed by atoms with van der Waals surface area (Å²) in [5, 5.41) is 5.08. The quantitative estimate of drug-likeness (QED) is 0.409. The first-order valence-corrected chi connectivity index (χ1v) is 15.1. The molecule has 3 amide bonds. The Balaban J connectivity index is 1.48. The van der Waals surface area contributed by atoms with Crippen LogP contribution in [0.5, 0.6) is 0 Å². The van der Waals surface area contributed by atoms with Gasteiger partial charge in [0.15, 0.2) is 0 Å². The van der Waals surface area contributed by atoms with E-state index in [1.165, 1.54) is 34.4 Å². The van der Waals surface area contributed by atoms with E-state index < -0.39 is 40.3 Å². The first kappa shape index (κ1) is 27.3. The van der Waals surface area contributed by atoms with Crippen molar-refractivity contribution in [2.24, 2.45) is 0 Å². The van der Waals surface area contributed by atoms with Gasteiger partial charge in [-0.3, -0.25) is 14.4 Å². The summed E-state index contributed by atoms with van der Waals surface area (Å²) >= 11 is 7.71. The molecule has 0 saturated carbocycles. The third-order valence-electron chi connectivity index (χ3n) is 6.71. The van der Waals surface area contributed by atoms with Crippen LogP contribution in [0.3, 0.4) is 0 Å². The van der Waals surface area contributed by atoms with Gasteiger partial charge >= 0.3 is 0 Å². The van der Waals surface area contributed by atoms with Gasteiger partial charge in [-0.25, -0.2) is 12.7 Å². The third kappa shape index (κ3) is 5.58. The van der Waals surface area contributed by atoms with Crippen LogP contribution in [0.1, 0.15) is 39.7 Å². The van der Waals surface area contributed by atoms with Crippen LogP contribution in [0.15, 0.2) is 70.9 Å². The molecule has 204 valence electrons. The van der Waals surface area contributed by atoms with Crippen LogP contribution in [0.25, 0.3) is 0 Å². The predicted octanol–water partition coefficient (Wildman–Crippen LogP) is 3.61. The molecular formula is C27H26ClN3O6S2. The van der Waals surface area contributed by atoms with Gasteiger partial charge in [0.05, 0.1) is 11.7 Å². The Labute approximate surface area is 235 Å². The zero-order chi connectivity index (χ0) is 27.6.